The minimum absolute atomic E-state index is 0.00732. The lowest BCUT2D eigenvalue weighted by Gasteiger charge is -2.34. The zero-order valence-electron chi connectivity index (χ0n) is 17.3. The second-order valence-corrected chi connectivity index (χ2v) is 9.45. The number of nitrogens with one attached hydrogen (secondary N) is 1. The van der Waals surface area contributed by atoms with E-state index in [1.807, 2.05) is 30.3 Å². The van der Waals surface area contributed by atoms with Gasteiger partial charge in [0.15, 0.2) is 5.03 Å². The van der Waals surface area contributed by atoms with Crippen molar-refractivity contribution in [2.45, 2.75) is 36.9 Å². The van der Waals surface area contributed by atoms with Gasteiger partial charge in [0.2, 0.25) is 0 Å². The van der Waals surface area contributed by atoms with Gasteiger partial charge >= 0.3 is 0 Å². The van der Waals surface area contributed by atoms with Crippen molar-refractivity contribution >= 4 is 15.9 Å². The van der Waals surface area contributed by atoms with Gasteiger partial charge in [0.05, 0.1) is 23.6 Å². The third kappa shape index (κ3) is 4.52. The van der Waals surface area contributed by atoms with Crippen molar-refractivity contribution in [2.75, 3.05) is 6.54 Å². The molecule has 0 radical (unpaired) electrons. The van der Waals surface area contributed by atoms with Crippen molar-refractivity contribution in [2.24, 2.45) is 7.05 Å². The van der Waals surface area contributed by atoms with Gasteiger partial charge in [-0.15, -0.1) is 0 Å². The highest BCUT2D eigenvalue weighted by Gasteiger charge is 2.38. The Bertz CT molecular complexity index is 1160. The number of carbonyl (C=O) groups excluding carboxylic acids is 1. The van der Waals surface area contributed by atoms with E-state index in [2.05, 4.69) is 15.3 Å². The van der Waals surface area contributed by atoms with E-state index in [1.165, 1.54) is 16.8 Å². The number of amides is 1. The summed E-state index contributed by atoms with van der Waals surface area (Å²) in [6, 6.07) is 12.5. The van der Waals surface area contributed by atoms with E-state index in [0.29, 0.717) is 30.8 Å². The number of piperidine rings is 1. The molecule has 3 heterocycles. The van der Waals surface area contributed by atoms with Crippen molar-refractivity contribution in [1.29, 1.82) is 0 Å². The molecular weight excluding hydrogens is 414 g/mol. The summed E-state index contributed by atoms with van der Waals surface area (Å²) in [5.41, 5.74) is 1.86. The van der Waals surface area contributed by atoms with Crippen molar-refractivity contribution in [3.63, 3.8) is 0 Å². The highest BCUT2D eigenvalue weighted by Crippen LogP contribution is 2.35. The Morgan fingerprint density at radius 2 is 1.94 bits per heavy atom. The molecule has 2 aromatic heterocycles. The summed E-state index contributed by atoms with van der Waals surface area (Å²) in [4.78, 5) is 21.5. The second-order valence-electron chi connectivity index (χ2n) is 7.61. The number of aromatic nitrogens is 3. The Morgan fingerprint density at radius 3 is 2.68 bits per heavy atom. The molecule has 4 rings (SSSR count). The molecule has 0 saturated carbocycles. The molecule has 0 aliphatic carbocycles. The Kier molecular flexibility index (Phi) is 6.15. The standard InChI is InChI=1S/C22H25N5O3S/c1-26-15-20(25-16-26)31(29,30)27-13-6-5-11-19(27)21-18(10-7-12-23-21)22(28)24-14-17-8-3-2-4-9-17/h2-4,7-10,12,15-16,19H,5-6,11,13-14H2,1H3,(H,24,28)/t19-/m0/s1. The van der Waals surface area contributed by atoms with Gasteiger partial charge in [-0.3, -0.25) is 9.78 Å². The van der Waals surface area contributed by atoms with Crippen LogP contribution < -0.4 is 5.32 Å². The van der Waals surface area contributed by atoms with Gasteiger partial charge in [0.25, 0.3) is 15.9 Å². The molecule has 1 aliphatic rings. The molecule has 0 bridgehead atoms. The van der Waals surface area contributed by atoms with Gasteiger partial charge < -0.3 is 9.88 Å². The number of benzene rings is 1. The van der Waals surface area contributed by atoms with Crippen molar-refractivity contribution in [3.05, 3.63) is 78.0 Å². The smallest absolute Gasteiger partial charge is 0.262 e. The average molecular weight is 440 g/mol. The van der Waals surface area contributed by atoms with Crippen LogP contribution in [0.3, 0.4) is 0 Å². The summed E-state index contributed by atoms with van der Waals surface area (Å²) in [5, 5.41) is 2.93. The van der Waals surface area contributed by atoms with E-state index in [0.717, 1.165) is 18.4 Å². The Morgan fingerprint density at radius 1 is 1.13 bits per heavy atom. The molecule has 8 nitrogen and oxygen atoms in total. The highest BCUT2D eigenvalue weighted by atomic mass is 32.2. The van der Waals surface area contributed by atoms with E-state index in [4.69, 9.17) is 0 Å². The van der Waals surface area contributed by atoms with Gasteiger partial charge in [-0.2, -0.15) is 4.31 Å². The van der Waals surface area contributed by atoms with Gasteiger partial charge in [0, 0.05) is 32.5 Å². The number of rotatable bonds is 6. The monoisotopic (exact) mass is 439 g/mol. The first-order chi connectivity index (χ1) is 15.0. The maximum Gasteiger partial charge on any atom is 0.262 e. The molecule has 1 fully saturated rings. The number of aryl methyl sites for hydroxylation is 1. The molecule has 9 heteroatoms. The summed E-state index contributed by atoms with van der Waals surface area (Å²) in [6.45, 7) is 0.750. The van der Waals surface area contributed by atoms with Crippen molar-refractivity contribution in [3.8, 4) is 0 Å². The molecule has 1 aliphatic heterocycles. The molecule has 1 saturated heterocycles. The normalized spacial score (nSPS) is 17.4. The third-order valence-electron chi connectivity index (χ3n) is 5.40. The molecule has 3 aromatic rings. The predicted octanol–water partition coefficient (Wildman–Crippen LogP) is 2.66. The largest absolute Gasteiger partial charge is 0.348 e. The number of hydrogen-bond donors (Lipinski definition) is 1. The van der Waals surface area contributed by atoms with Crippen molar-refractivity contribution in [1.82, 2.24) is 24.2 Å². The van der Waals surface area contributed by atoms with Crippen LogP contribution in [0.4, 0.5) is 0 Å². The van der Waals surface area contributed by atoms with E-state index in [-0.39, 0.29) is 10.9 Å². The number of carbonyl (C=O) groups is 1. The van der Waals surface area contributed by atoms with Crippen LogP contribution in [-0.2, 0) is 23.6 Å². The molecule has 162 valence electrons. The zero-order chi connectivity index (χ0) is 21.8. The Hall–Kier alpha value is -3.04. The summed E-state index contributed by atoms with van der Waals surface area (Å²) in [7, 11) is -2.08. The lowest BCUT2D eigenvalue weighted by molar-refractivity contribution is 0.0946. The first-order valence-electron chi connectivity index (χ1n) is 10.2. The maximum atomic E-state index is 13.3. The zero-order valence-corrected chi connectivity index (χ0v) is 18.1. The lowest BCUT2D eigenvalue weighted by atomic mass is 9.97. The molecule has 0 spiro atoms. The molecule has 31 heavy (non-hydrogen) atoms. The van der Waals surface area contributed by atoms with E-state index >= 15 is 0 Å². The summed E-state index contributed by atoms with van der Waals surface area (Å²) in [6.07, 6.45) is 6.78. The molecule has 1 atom stereocenters. The van der Waals surface area contributed by atoms with Crippen LogP contribution in [0.5, 0.6) is 0 Å². The summed E-state index contributed by atoms with van der Waals surface area (Å²) in [5.74, 6) is -0.271. The van der Waals surface area contributed by atoms with Gasteiger partial charge in [-0.1, -0.05) is 36.8 Å². The number of pyridine rings is 1. The fourth-order valence-electron chi connectivity index (χ4n) is 3.86. The fourth-order valence-corrected chi connectivity index (χ4v) is 5.49. The number of sulfonamides is 1. The van der Waals surface area contributed by atoms with Crippen LogP contribution in [0.15, 0.2) is 66.2 Å². The minimum Gasteiger partial charge on any atom is -0.348 e. The SMILES string of the molecule is Cn1cnc(S(=O)(=O)N2CCCC[C@H]2c2ncccc2C(=O)NCc2ccccc2)c1. The van der Waals surface area contributed by atoms with E-state index < -0.39 is 16.1 Å². The molecule has 1 N–H and O–H groups in total. The second kappa shape index (κ2) is 8.99. The third-order valence-corrected chi connectivity index (χ3v) is 7.20. The van der Waals surface area contributed by atoms with Gasteiger partial charge in [-0.05, 0) is 30.5 Å². The number of hydrogen-bond acceptors (Lipinski definition) is 5. The van der Waals surface area contributed by atoms with E-state index in [9.17, 15) is 13.2 Å². The summed E-state index contributed by atoms with van der Waals surface area (Å²) < 4.78 is 29.6. The highest BCUT2D eigenvalue weighted by molar-refractivity contribution is 7.89. The topological polar surface area (TPSA) is 97.2 Å². The summed E-state index contributed by atoms with van der Waals surface area (Å²) >= 11 is 0. The minimum atomic E-state index is -3.81. The van der Waals surface area contributed by atoms with Crippen LogP contribution >= 0.6 is 0 Å². The first-order valence-corrected chi connectivity index (χ1v) is 11.7. The first kappa shape index (κ1) is 21.2. The number of nitrogens with zero attached hydrogens (tertiary/aromatic N) is 4. The van der Waals surface area contributed by atoms with Crippen LogP contribution in [-0.4, -0.2) is 39.7 Å². The fraction of sp³-hybridized carbons (Fsp3) is 0.318. The molecule has 0 unspecified atom stereocenters. The maximum absolute atomic E-state index is 13.3. The van der Waals surface area contributed by atoms with Gasteiger partial charge in [0.1, 0.15) is 0 Å². The van der Waals surface area contributed by atoms with Crippen LogP contribution in [0.2, 0.25) is 0 Å². The van der Waals surface area contributed by atoms with Crippen LogP contribution in [0.1, 0.15) is 46.9 Å². The predicted molar refractivity (Wildman–Crippen MR) is 116 cm³/mol. The molecular formula is C22H25N5O3S. The Balaban J connectivity index is 1.62. The molecule has 1 aromatic carbocycles. The quantitative estimate of drug-likeness (QED) is 0.637. The number of imidazole rings is 1. The van der Waals surface area contributed by atoms with Crippen LogP contribution in [0, 0.1) is 0 Å². The molecule has 1 amide bonds. The van der Waals surface area contributed by atoms with Crippen LogP contribution in [0.25, 0.3) is 0 Å². The lowest BCUT2D eigenvalue weighted by Crippen LogP contribution is -2.40. The van der Waals surface area contributed by atoms with E-state index in [1.54, 1.807) is 29.9 Å². The van der Waals surface area contributed by atoms with Crippen molar-refractivity contribution < 1.29 is 13.2 Å². The average Bonchev–Trinajstić information content (AvgIpc) is 3.25. The van der Waals surface area contributed by atoms with Gasteiger partial charge in [-0.25, -0.2) is 13.4 Å². The Labute approximate surface area is 182 Å².